The summed E-state index contributed by atoms with van der Waals surface area (Å²) in [5.41, 5.74) is 4.72. The first-order chi connectivity index (χ1) is 12.8. The quantitative estimate of drug-likeness (QED) is 0.284. The van der Waals surface area contributed by atoms with E-state index < -0.39 is 0 Å². The maximum absolute atomic E-state index is 6.11. The van der Waals surface area contributed by atoms with Crippen LogP contribution >= 0.6 is 0 Å². The molecule has 0 amide bonds. The van der Waals surface area contributed by atoms with Crippen LogP contribution in [0.3, 0.4) is 0 Å². The Balaban J connectivity index is 1.43. The molecular formula is C22H22O4. The second kappa shape index (κ2) is 6.27. The summed E-state index contributed by atoms with van der Waals surface area (Å²) >= 11 is 0. The van der Waals surface area contributed by atoms with E-state index >= 15 is 0 Å². The van der Waals surface area contributed by atoms with Gasteiger partial charge in [-0.25, -0.2) is 0 Å². The second-order valence-electron chi connectivity index (χ2n) is 7.09. The van der Waals surface area contributed by atoms with Crippen LogP contribution in [0.5, 0.6) is 0 Å². The number of hydrogen-bond acceptors (Lipinski definition) is 4. The summed E-state index contributed by atoms with van der Waals surface area (Å²) in [4.78, 5) is 0. The van der Waals surface area contributed by atoms with E-state index in [0.29, 0.717) is 0 Å². The standard InChI is InChI=1S/C22H22O4/c1-2-3-4-5-6-7-8-14-11-20-22(24-14)16-12-15-18(13-19(16)26-20)25-17-9-10-23-21(15)17/h9-13H,2-8H2,1H3. The molecule has 26 heavy (non-hydrogen) atoms. The summed E-state index contributed by atoms with van der Waals surface area (Å²) in [5, 5.41) is 1.93. The average molecular weight is 350 g/mol. The summed E-state index contributed by atoms with van der Waals surface area (Å²) in [7, 11) is 0. The average Bonchev–Trinajstić information content (AvgIpc) is 3.36. The molecule has 0 aliphatic carbocycles. The third kappa shape index (κ3) is 2.52. The van der Waals surface area contributed by atoms with Crippen LogP contribution < -0.4 is 0 Å². The smallest absolute Gasteiger partial charge is 0.180 e. The van der Waals surface area contributed by atoms with Gasteiger partial charge in [0.1, 0.15) is 16.9 Å². The van der Waals surface area contributed by atoms with Crippen LogP contribution in [0, 0.1) is 0 Å². The molecule has 4 heteroatoms. The highest BCUT2D eigenvalue weighted by atomic mass is 16.4. The van der Waals surface area contributed by atoms with Gasteiger partial charge >= 0.3 is 0 Å². The molecule has 5 aromatic rings. The van der Waals surface area contributed by atoms with Gasteiger partial charge in [-0.2, -0.15) is 0 Å². The Morgan fingerprint density at radius 3 is 2.35 bits per heavy atom. The van der Waals surface area contributed by atoms with Crippen LogP contribution in [0.4, 0.5) is 0 Å². The Morgan fingerprint density at radius 1 is 0.692 bits per heavy atom. The van der Waals surface area contributed by atoms with Gasteiger partial charge in [0.25, 0.3) is 0 Å². The molecule has 4 heterocycles. The number of fused-ring (bicyclic) bond motifs is 6. The molecule has 0 N–H and O–H groups in total. The van der Waals surface area contributed by atoms with Crippen molar-refractivity contribution in [2.24, 2.45) is 0 Å². The van der Waals surface area contributed by atoms with Gasteiger partial charge in [0.05, 0.1) is 17.0 Å². The molecule has 0 aliphatic heterocycles. The number of hydrogen-bond donors (Lipinski definition) is 0. The molecule has 0 aliphatic rings. The van der Waals surface area contributed by atoms with Crippen LogP contribution in [0.2, 0.25) is 0 Å². The number of furan rings is 4. The zero-order valence-corrected chi connectivity index (χ0v) is 15.0. The Hall–Kier alpha value is -2.62. The molecule has 1 aromatic carbocycles. The van der Waals surface area contributed by atoms with Crippen LogP contribution in [-0.2, 0) is 6.42 Å². The SMILES string of the molecule is CCCCCCCCc1cc2oc3cc4oc5ccoc5c4cc3c2o1. The van der Waals surface area contributed by atoms with Crippen molar-refractivity contribution in [2.75, 3.05) is 0 Å². The van der Waals surface area contributed by atoms with Crippen molar-refractivity contribution in [3.8, 4) is 0 Å². The first-order valence-corrected chi connectivity index (χ1v) is 9.58. The lowest BCUT2D eigenvalue weighted by Gasteiger charge is -1.99. The molecule has 134 valence electrons. The van der Waals surface area contributed by atoms with Crippen molar-refractivity contribution in [2.45, 2.75) is 51.9 Å². The first-order valence-electron chi connectivity index (χ1n) is 9.58. The lowest BCUT2D eigenvalue weighted by molar-refractivity contribution is 0.523. The van der Waals surface area contributed by atoms with Crippen molar-refractivity contribution in [1.29, 1.82) is 0 Å². The van der Waals surface area contributed by atoms with E-state index in [1.54, 1.807) is 6.26 Å². The van der Waals surface area contributed by atoms with E-state index in [4.69, 9.17) is 17.7 Å². The number of rotatable bonds is 7. The predicted molar refractivity (Wildman–Crippen MR) is 103 cm³/mol. The highest BCUT2D eigenvalue weighted by Gasteiger charge is 2.17. The Bertz CT molecular complexity index is 1180. The zero-order valence-electron chi connectivity index (χ0n) is 15.0. The molecule has 0 atom stereocenters. The van der Waals surface area contributed by atoms with E-state index in [1.807, 2.05) is 24.3 Å². The zero-order chi connectivity index (χ0) is 17.5. The van der Waals surface area contributed by atoms with Crippen molar-refractivity contribution in [3.05, 3.63) is 36.3 Å². The summed E-state index contributed by atoms with van der Waals surface area (Å²) < 4.78 is 23.5. The van der Waals surface area contributed by atoms with E-state index in [9.17, 15) is 0 Å². The maximum Gasteiger partial charge on any atom is 0.180 e. The maximum atomic E-state index is 6.11. The van der Waals surface area contributed by atoms with Crippen molar-refractivity contribution >= 4 is 44.3 Å². The summed E-state index contributed by atoms with van der Waals surface area (Å²) in [6.07, 6.45) is 10.3. The van der Waals surface area contributed by atoms with E-state index in [-0.39, 0.29) is 0 Å². The van der Waals surface area contributed by atoms with Gasteiger partial charge in [0.2, 0.25) is 0 Å². The van der Waals surface area contributed by atoms with Gasteiger partial charge in [0.15, 0.2) is 22.3 Å². The Kier molecular flexibility index (Phi) is 3.77. The molecular weight excluding hydrogens is 328 g/mol. The van der Waals surface area contributed by atoms with Crippen molar-refractivity contribution < 1.29 is 17.7 Å². The summed E-state index contributed by atoms with van der Waals surface area (Å²) in [5.74, 6) is 1.01. The Morgan fingerprint density at radius 2 is 1.46 bits per heavy atom. The van der Waals surface area contributed by atoms with Gasteiger partial charge in [-0.15, -0.1) is 0 Å². The molecule has 0 fully saturated rings. The molecule has 0 bridgehead atoms. The predicted octanol–water partition coefficient (Wildman–Crippen LogP) is 7.57. The fourth-order valence-corrected chi connectivity index (χ4v) is 3.78. The van der Waals surface area contributed by atoms with Crippen LogP contribution in [0.15, 0.2) is 48.2 Å². The third-order valence-corrected chi connectivity index (χ3v) is 5.17. The first kappa shape index (κ1) is 15.6. The molecule has 5 rings (SSSR count). The lowest BCUT2D eigenvalue weighted by Crippen LogP contribution is -1.83. The van der Waals surface area contributed by atoms with E-state index in [1.165, 1.54) is 32.1 Å². The van der Waals surface area contributed by atoms with Crippen molar-refractivity contribution in [3.63, 3.8) is 0 Å². The molecule has 0 radical (unpaired) electrons. The minimum Gasteiger partial charge on any atom is -0.460 e. The van der Waals surface area contributed by atoms with E-state index in [2.05, 4.69) is 6.92 Å². The monoisotopic (exact) mass is 350 g/mol. The second-order valence-corrected chi connectivity index (χ2v) is 7.09. The van der Waals surface area contributed by atoms with Gasteiger partial charge < -0.3 is 17.7 Å². The van der Waals surface area contributed by atoms with Gasteiger partial charge in [-0.05, 0) is 12.5 Å². The van der Waals surface area contributed by atoms with Gasteiger partial charge in [-0.1, -0.05) is 39.0 Å². The summed E-state index contributed by atoms with van der Waals surface area (Å²) in [6.45, 7) is 2.25. The highest BCUT2D eigenvalue weighted by molar-refractivity contribution is 6.12. The van der Waals surface area contributed by atoms with Crippen LogP contribution in [0.25, 0.3) is 44.3 Å². The topological polar surface area (TPSA) is 52.6 Å². The Labute approximate surface area is 150 Å². The fraction of sp³-hybridized carbons (Fsp3) is 0.364. The minimum atomic E-state index is 0.757. The lowest BCUT2D eigenvalue weighted by atomic mass is 10.1. The molecule has 0 spiro atoms. The molecule has 0 saturated carbocycles. The number of unbranched alkanes of at least 4 members (excludes halogenated alkanes) is 5. The largest absolute Gasteiger partial charge is 0.460 e. The van der Waals surface area contributed by atoms with E-state index in [0.717, 1.165) is 62.9 Å². The van der Waals surface area contributed by atoms with Gasteiger partial charge in [0, 0.05) is 24.6 Å². The van der Waals surface area contributed by atoms with Crippen LogP contribution in [0.1, 0.15) is 51.2 Å². The molecule has 0 unspecified atom stereocenters. The highest BCUT2D eigenvalue weighted by Crippen LogP contribution is 2.38. The number of aryl methyl sites for hydroxylation is 1. The molecule has 4 aromatic heterocycles. The number of benzene rings is 1. The normalized spacial score (nSPS) is 12.3. The molecule has 4 nitrogen and oxygen atoms in total. The van der Waals surface area contributed by atoms with Crippen LogP contribution in [-0.4, -0.2) is 0 Å². The molecule has 0 saturated heterocycles. The minimum absolute atomic E-state index is 0.757. The van der Waals surface area contributed by atoms with Crippen molar-refractivity contribution in [1.82, 2.24) is 0 Å². The third-order valence-electron chi connectivity index (χ3n) is 5.17. The fourth-order valence-electron chi connectivity index (χ4n) is 3.78. The van der Waals surface area contributed by atoms with Gasteiger partial charge in [-0.3, -0.25) is 0 Å². The summed E-state index contributed by atoms with van der Waals surface area (Å²) in [6, 6.07) is 7.83.